The minimum absolute atomic E-state index is 0.0797. The number of urea groups is 1. The fraction of sp³-hybridized carbons (Fsp3) is 0.500. The Kier molecular flexibility index (Phi) is 6.48. The highest BCUT2D eigenvalue weighted by Crippen LogP contribution is 2.35. The van der Waals surface area contributed by atoms with Crippen LogP contribution in [0.1, 0.15) is 19.4 Å². The summed E-state index contributed by atoms with van der Waals surface area (Å²) in [5.74, 6) is -0.284. The van der Waals surface area contributed by atoms with Crippen molar-refractivity contribution in [3.63, 3.8) is 0 Å². The zero-order chi connectivity index (χ0) is 16.8. The maximum absolute atomic E-state index is 12.8. The highest BCUT2D eigenvalue weighted by atomic mass is 19.4. The molecule has 0 aliphatic heterocycles. The molecule has 0 saturated carbocycles. The summed E-state index contributed by atoms with van der Waals surface area (Å²) in [5.41, 5.74) is -0.860. The van der Waals surface area contributed by atoms with E-state index in [1.54, 1.807) is 6.92 Å². The summed E-state index contributed by atoms with van der Waals surface area (Å²) in [4.78, 5) is 11.4. The van der Waals surface area contributed by atoms with Gasteiger partial charge >= 0.3 is 12.2 Å². The summed E-state index contributed by atoms with van der Waals surface area (Å²) in [7, 11) is 0. The third kappa shape index (κ3) is 6.21. The molecule has 0 saturated heterocycles. The van der Waals surface area contributed by atoms with Gasteiger partial charge in [-0.25, -0.2) is 4.79 Å². The molecule has 0 aliphatic carbocycles. The zero-order valence-corrected chi connectivity index (χ0v) is 12.3. The number of amides is 2. The van der Waals surface area contributed by atoms with E-state index in [4.69, 9.17) is 9.84 Å². The third-order valence-corrected chi connectivity index (χ3v) is 2.62. The lowest BCUT2D eigenvalue weighted by Gasteiger charge is -2.18. The van der Waals surface area contributed by atoms with Crippen molar-refractivity contribution in [2.45, 2.75) is 32.2 Å². The normalized spacial score (nSPS) is 14.1. The number of ether oxygens (including phenoxy) is 1. The fourth-order valence-corrected chi connectivity index (χ4v) is 1.60. The molecule has 2 atom stereocenters. The van der Waals surface area contributed by atoms with Crippen molar-refractivity contribution in [3.8, 4) is 5.75 Å². The summed E-state index contributed by atoms with van der Waals surface area (Å²) < 4.78 is 43.5. The average molecular weight is 320 g/mol. The second-order valence-corrected chi connectivity index (χ2v) is 4.91. The van der Waals surface area contributed by atoms with Gasteiger partial charge in [0, 0.05) is 6.54 Å². The van der Waals surface area contributed by atoms with Crippen LogP contribution in [0.25, 0.3) is 0 Å². The van der Waals surface area contributed by atoms with Crippen LogP contribution in [0.2, 0.25) is 0 Å². The topological polar surface area (TPSA) is 70.6 Å². The Morgan fingerprint density at radius 1 is 1.32 bits per heavy atom. The minimum Gasteiger partial charge on any atom is -0.491 e. The Bertz CT molecular complexity index is 492. The van der Waals surface area contributed by atoms with Crippen molar-refractivity contribution in [3.05, 3.63) is 29.8 Å². The van der Waals surface area contributed by atoms with Crippen LogP contribution in [0.15, 0.2) is 24.3 Å². The van der Waals surface area contributed by atoms with Crippen molar-refractivity contribution in [2.75, 3.05) is 13.2 Å². The zero-order valence-electron chi connectivity index (χ0n) is 12.3. The molecule has 0 aromatic heterocycles. The standard InChI is InChI=1S/C14H19F3N2O3/c1-9(19-13(21)18-7-10(2)20)8-22-12-6-4-3-5-11(12)14(15,16)17/h3-6,9-10,20H,7-8H2,1-2H3,(H2,18,19,21)/t9?,10-/m1/s1. The molecule has 124 valence electrons. The second-order valence-electron chi connectivity index (χ2n) is 4.91. The Balaban J connectivity index is 2.51. The predicted octanol–water partition coefficient (Wildman–Crippen LogP) is 2.15. The Hall–Kier alpha value is -1.96. The Morgan fingerprint density at radius 3 is 2.55 bits per heavy atom. The van der Waals surface area contributed by atoms with E-state index in [1.807, 2.05) is 0 Å². The summed E-state index contributed by atoms with van der Waals surface area (Å²) in [6.45, 7) is 3.07. The molecule has 0 bridgehead atoms. The van der Waals surface area contributed by atoms with E-state index < -0.39 is 29.9 Å². The van der Waals surface area contributed by atoms with Gasteiger partial charge in [-0.15, -0.1) is 0 Å². The molecular weight excluding hydrogens is 301 g/mol. The monoisotopic (exact) mass is 320 g/mol. The number of para-hydroxylation sites is 1. The first kappa shape index (κ1) is 18.1. The molecule has 3 N–H and O–H groups in total. The van der Waals surface area contributed by atoms with Gasteiger partial charge in [-0.05, 0) is 26.0 Å². The van der Waals surface area contributed by atoms with Crippen molar-refractivity contribution in [1.29, 1.82) is 0 Å². The van der Waals surface area contributed by atoms with Gasteiger partial charge in [0.25, 0.3) is 0 Å². The number of aliphatic hydroxyl groups excluding tert-OH is 1. The highest BCUT2D eigenvalue weighted by molar-refractivity contribution is 5.74. The number of rotatable bonds is 6. The third-order valence-electron chi connectivity index (χ3n) is 2.62. The maximum Gasteiger partial charge on any atom is 0.419 e. The van der Waals surface area contributed by atoms with Crippen LogP contribution >= 0.6 is 0 Å². The van der Waals surface area contributed by atoms with Gasteiger partial charge in [0.15, 0.2) is 0 Å². The number of benzene rings is 1. The molecule has 8 heteroatoms. The van der Waals surface area contributed by atoms with Crippen molar-refractivity contribution in [2.24, 2.45) is 0 Å². The lowest BCUT2D eigenvalue weighted by atomic mass is 10.2. The first-order valence-corrected chi connectivity index (χ1v) is 6.71. The fourth-order valence-electron chi connectivity index (χ4n) is 1.60. The van der Waals surface area contributed by atoms with Gasteiger partial charge in [-0.3, -0.25) is 0 Å². The van der Waals surface area contributed by atoms with Gasteiger partial charge in [0.05, 0.1) is 17.7 Å². The largest absolute Gasteiger partial charge is 0.491 e. The minimum atomic E-state index is -4.50. The van der Waals surface area contributed by atoms with Crippen LogP contribution in [-0.2, 0) is 6.18 Å². The van der Waals surface area contributed by atoms with Crippen LogP contribution in [0.5, 0.6) is 5.75 Å². The molecule has 0 heterocycles. The van der Waals surface area contributed by atoms with E-state index in [1.165, 1.54) is 25.1 Å². The maximum atomic E-state index is 12.8. The van der Waals surface area contributed by atoms with Crippen LogP contribution in [0.3, 0.4) is 0 Å². The summed E-state index contributed by atoms with van der Waals surface area (Å²) >= 11 is 0. The molecule has 1 aromatic rings. The summed E-state index contributed by atoms with van der Waals surface area (Å²) in [6.07, 6.45) is -5.18. The number of alkyl halides is 3. The number of hydrogen-bond donors (Lipinski definition) is 3. The lowest BCUT2D eigenvalue weighted by molar-refractivity contribution is -0.139. The lowest BCUT2D eigenvalue weighted by Crippen LogP contribution is -2.45. The summed E-state index contributed by atoms with van der Waals surface area (Å²) in [5, 5.41) is 13.9. The predicted molar refractivity (Wildman–Crippen MR) is 74.6 cm³/mol. The van der Waals surface area contributed by atoms with E-state index >= 15 is 0 Å². The smallest absolute Gasteiger partial charge is 0.419 e. The van der Waals surface area contributed by atoms with Gasteiger partial charge in [-0.2, -0.15) is 13.2 Å². The van der Waals surface area contributed by atoms with E-state index in [0.717, 1.165) is 6.07 Å². The van der Waals surface area contributed by atoms with Gasteiger partial charge in [0.2, 0.25) is 0 Å². The SMILES string of the molecule is CC(COc1ccccc1C(F)(F)F)NC(=O)NC[C@@H](C)O. The molecule has 1 aromatic carbocycles. The first-order valence-electron chi connectivity index (χ1n) is 6.71. The van der Waals surface area contributed by atoms with Gasteiger partial charge in [-0.1, -0.05) is 12.1 Å². The molecular formula is C14H19F3N2O3. The van der Waals surface area contributed by atoms with Crippen molar-refractivity contribution < 1.29 is 27.8 Å². The van der Waals surface area contributed by atoms with Crippen LogP contribution in [0, 0.1) is 0 Å². The van der Waals surface area contributed by atoms with Crippen LogP contribution in [-0.4, -0.2) is 36.4 Å². The number of carbonyl (C=O) groups excluding carboxylic acids is 1. The molecule has 5 nitrogen and oxygen atoms in total. The summed E-state index contributed by atoms with van der Waals surface area (Å²) in [6, 6.07) is 3.85. The number of hydrogen-bond acceptors (Lipinski definition) is 3. The van der Waals surface area contributed by atoms with E-state index in [-0.39, 0.29) is 18.9 Å². The molecule has 22 heavy (non-hydrogen) atoms. The molecule has 0 radical (unpaired) electrons. The second kappa shape index (κ2) is 7.88. The molecule has 0 aliphatic rings. The highest BCUT2D eigenvalue weighted by Gasteiger charge is 2.34. The van der Waals surface area contributed by atoms with Gasteiger partial charge < -0.3 is 20.5 Å². The van der Waals surface area contributed by atoms with E-state index in [9.17, 15) is 18.0 Å². The molecule has 0 fully saturated rings. The Labute approximate surface area is 126 Å². The first-order chi connectivity index (χ1) is 10.2. The molecule has 1 unspecified atom stereocenters. The number of aliphatic hydroxyl groups is 1. The van der Waals surface area contributed by atoms with E-state index in [0.29, 0.717) is 0 Å². The molecule has 2 amide bonds. The Morgan fingerprint density at radius 2 is 1.95 bits per heavy atom. The van der Waals surface area contributed by atoms with Gasteiger partial charge in [0.1, 0.15) is 12.4 Å². The number of carbonyl (C=O) groups is 1. The van der Waals surface area contributed by atoms with Crippen LogP contribution in [0.4, 0.5) is 18.0 Å². The molecule has 0 spiro atoms. The van der Waals surface area contributed by atoms with Crippen LogP contribution < -0.4 is 15.4 Å². The number of halogens is 3. The number of nitrogens with one attached hydrogen (secondary N) is 2. The van der Waals surface area contributed by atoms with Crippen molar-refractivity contribution >= 4 is 6.03 Å². The van der Waals surface area contributed by atoms with E-state index in [2.05, 4.69) is 10.6 Å². The quantitative estimate of drug-likeness (QED) is 0.752. The molecule has 1 rings (SSSR count). The van der Waals surface area contributed by atoms with Crippen molar-refractivity contribution in [1.82, 2.24) is 10.6 Å². The average Bonchev–Trinajstić information content (AvgIpc) is 2.42.